The summed E-state index contributed by atoms with van der Waals surface area (Å²) < 4.78 is 34.4. The minimum absolute atomic E-state index is 0.0234. The lowest BCUT2D eigenvalue weighted by Crippen LogP contribution is -2.37. The third-order valence-electron chi connectivity index (χ3n) is 10.9. The van der Waals surface area contributed by atoms with Gasteiger partial charge in [0.25, 0.3) is 0 Å². The van der Waals surface area contributed by atoms with Gasteiger partial charge >= 0.3 is 19.8 Å². The van der Waals surface area contributed by atoms with Crippen LogP contribution in [0.25, 0.3) is 0 Å². The number of nitrogens with zero attached hydrogens (tertiary/aromatic N) is 1. The zero-order valence-electron chi connectivity index (χ0n) is 40.9. The molecule has 0 saturated carbocycles. The van der Waals surface area contributed by atoms with Gasteiger partial charge in [-0.3, -0.25) is 18.6 Å². The first-order valence-corrected chi connectivity index (χ1v) is 26.9. The number of carbonyl (C=O) groups excluding carboxylic acids is 2. The van der Waals surface area contributed by atoms with Crippen molar-refractivity contribution in [3.05, 3.63) is 48.6 Å². The predicted molar refractivity (Wildman–Crippen MR) is 261 cm³/mol. The maximum atomic E-state index is 12.7. The molecule has 0 aliphatic carbocycles. The summed E-state index contributed by atoms with van der Waals surface area (Å²) in [6, 6.07) is 0. The van der Waals surface area contributed by atoms with Crippen LogP contribution in [0.5, 0.6) is 0 Å². The number of phosphoric acid groups is 1. The van der Waals surface area contributed by atoms with Gasteiger partial charge in [0, 0.05) is 12.8 Å². The monoisotopic (exact) mass is 895 g/mol. The second kappa shape index (κ2) is 44.2. The molecule has 0 heterocycles. The SMILES string of the molecule is CC/C=C\C/C=C\C/C=C\C/C=C\CCCCC(=O)OC(COC(=O)CCCCCCCCCCCCCCCCCCCCCCCCC)COP(=O)(O)OCC[N+](C)(C)C. The molecule has 0 spiro atoms. The van der Waals surface area contributed by atoms with Crippen molar-refractivity contribution < 1.29 is 42.1 Å². The number of hydrogen-bond donors (Lipinski definition) is 1. The smallest absolute Gasteiger partial charge is 0.462 e. The number of likely N-dealkylation sites (N-methyl/N-ethyl adjacent to an activating group) is 1. The molecule has 0 aromatic carbocycles. The Hall–Kier alpha value is -2.03. The van der Waals surface area contributed by atoms with Crippen LogP contribution < -0.4 is 0 Å². The summed E-state index contributed by atoms with van der Waals surface area (Å²) in [4.78, 5) is 35.5. The molecule has 9 nitrogen and oxygen atoms in total. The third-order valence-corrected chi connectivity index (χ3v) is 11.9. The summed E-state index contributed by atoms with van der Waals surface area (Å²) in [5.74, 6) is -0.841. The number of hydrogen-bond acceptors (Lipinski definition) is 7. The molecule has 0 bridgehead atoms. The van der Waals surface area contributed by atoms with Gasteiger partial charge in [-0.25, -0.2) is 4.57 Å². The summed E-state index contributed by atoms with van der Waals surface area (Å²) >= 11 is 0. The van der Waals surface area contributed by atoms with E-state index in [4.69, 9.17) is 18.5 Å². The van der Waals surface area contributed by atoms with Crippen molar-refractivity contribution in [1.29, 1.82) is 0 Å². The Morgan fingerprint density at radius 3 is 1.37 bits per heavy atom. The van der Waals surface area contributed by atoms with Gasteiger partial charge in [-0.05, 0) is 51.4 Å². The van der Waals surface area contributed by atoms with Gasteiger partial charge in [-0.15, -0.1) is 0 Å². The van der Waals surface area contributed by atoms with Gasteiger partial charge in [0.2, 0.25) is 0 Å². The van der Waals surface area contributed by atoms with Crippen LogP contribution in [-0.4, -0.2) is 74.9 Å². The summed E-state index contributed by atoms with van der Waals surface area (Å²) in [7, 11) is 1.45. The first-order valence-electron chi connectivity index (χ1n) is 25.4. The summed E-state index contributed by atoms with van der Waals surface area (Å²) in [5, 5.41) is 0. The highest BCUT2D eigenvalue weighted by Gasteiger charge is 2.27. The Bertz CT molecular complexity index is 1190. The molecule has 0 radical (unpaired) electrons. The highest BCUT2D eigenvalue weighted by Crippen LogP contribution is 2.43. The molecule has 2 atom stereocenters. The fraction of sp³-hybridized carbons (Fsp3) is 0.808. The average molecular weight is 895 g/mol. The number of esters is 2. The van der Waals surface area contributed by atoms with E-state index in [0.717, 1.165) is 57.8 Å². The van der Waals surface area contributed by atoms with Crippen molar-refractivity contribution in [1.82, 2.24) is 0 Å². The molecule has 0 aliphatic heterocycles. The van der Waals surface area contributed by atoms with E-state index < -0.39 is 26.5 Å². The Morgan fingerprint density at radius 2 is 0.919 bits per heavy atom. The molecule has 0 fully saturated rings. The van der Waals surface area contributed by atoms with Crippen LogP contribution in [0.4, 0.5) is 0 Å². The van der Waals surface area contributed by atoms with Gasteiger partial charge in [0.15, 0.2) is 6.10 Å². The van der Waals surface area contributed by atoms with Crippen molar-refractivity contribution in [2.75, 3.05) is 47.5 Å². The van der Waals surface area contributed by atoms with Gasteiger partial charge in [-0.2, -0.15) is 0 Å². The molecule has 0 amide bonds. The second-order valence-corrected chi connectivity index (χ2v) is 19.6. The Morgan fingerprint density at radius 1 is 0.516 bits per heavy atom. The quantitative estimate of drug-likeness (QED) is 0.0212. The lowest BCUT2D eigenvalue weighted by molar-refractivity contribution is -0.870. The zero-order valence-corrected chi connectivity index (χ0v) is 41.7. The molecule has 0 aromatic rings. The topological polar surface area (TPSA) is 108 Å². The van der Waals surface area contributed by atoms with Gasteiger partial charge in [0.05, 0.1) is 27.7 Å². The van der Waals surface area contributed by atoms with Crippen LogP contribution >= 0.6 is 7.82 Å². The average Bonchev–Trinajstić information content (AvgIpc) is 3.23. The molecule has 1 N–H and O–H groups in total. The Balaban J connectivity index is 4.22. The summed E-state index contributed by atoms with van der Waals surface area (Å²) in [5.41, 5.74) is 0. The van der Waals surface area contributed by atoms with Gasteiger partial charge < -0.3 is 18.9 Å². The minimum Gasteiger partial charge on any atom is -0.462 e. The van der Waals surface area contributed by atoms with Crippen LogP contribution in [0.1, 0.15) is 219 Å². The normalized spacial score (nSPS) is 13.8. The van der Waals surface area contributed by atoms with Gasteiger partial charge in [0.1, 0.15) is 19.8 Å². The predicted octanol–water partition coefficient (Wildman–Crippen LogP) is 15.0. The van der Waals surface area contributed by atoms with Crippen LogP contribution in [-0.2, 0) is 32.7 Å². The molecular weight excluding hydrogens is 798 g/mol. The lowest BCUT2D eigenvalue weighted by Gasteiger charge is -2.24. The molecule has 362 valence electrons. The van der Waals surface area contributed by atoms with Crippen molar-refractivity contribution in [3.8, 4) is 0 Å². The highest BCUT2D eigenvalue weighted by atomic mass is 31.2. The van der Waals surface area contributed by atoms with Crippen molar-refractivity contribution in [2.24, 2.45) is 0 Å². The number of carbonyl (C=O) groups is 2. The van der Waals surface area contributed by atoms with Crippen molar-refractivity contribution >= 4 is 19.8 Å². The molecule has 10 heteroatoms. The van der Waals surface area contributed by atoms with Crippen LogP contribution in [0.2, 0.25) is 0 Å². The van der Waals surface area contributed by atoms with Crippen LogP contribution in [0, 0.1) is 0 Å². The van der Waals surface area contributed by atoms with Crippen LogP contribution in [0.3, 0.4) is 0 Å². The van der Waals surface area contributed by atoms with E-state index in [-0.39, 0.29) is 32.0 Å². The van der Waals surface area contributed by atoms with Crippen LogP contribution in [0.15, 0.2) is 48.6 Å². The highest BCUT2D eigenvalue weighted by molar-refractivity contribution is 7.47. The first kappa shape index (κ1) is 60.0. The number of allylic oxidation sites excluding steroid dienone is 8. The molecule has 0 aliphatic rings. The second-order valence-electron chi connectivity index (χ2n) is 18.2. The molecular formula is C52H97NO8P+. The number of phosphoric ester groups is 1. The zero-order chi connectivity index (χ0) is 45.7. The number of quaternary nitrogens is 1. The largest absolute Gasteiger partial charge is 0.472 e. The Kier molecular flexibility index (Phi) is 42.7. The summed E-state index contributed by atoms with van der Waals surface area (Å²) in [6.07, 6.45) is 53.2. The van der Waals surface area contributed by atoms with Gasteiger partial charge in [-0.1, -0.05) is 204 Å². The molecule has 2 unspecified atom stereocenters. The number of ether oxygens (including phenoxy) is 2. The fourth-order valence-corrected chi connectivity index (χ4v) is 7.69. The number of unbranched alkanes of at least 4 members (excludes halogenated alkanes) is 24. The maximum absolute atomic E-state index is 12.7. The van der Waals surface area contributed by atoms with E-state index in [2.05, 4.69) is 62.5 Å². The van der Waals surface area contributed by atoms with E-state index in [1.807, 2.05) is 21.1 Å². The molecule has 62 heavy (non-hydrogen) atoms. The van der Waals surface area contributed by atoms with E-state index in [0.29, 0.717) is 17.4 Å². The van der Waals surface area contributed by atoms with E-state index >= 15 is 0 Å². The molecule has 0 rings (SSSR count). The minimum atomic E-state index is -4.39. The van der Waals surface area contributed by atoms with E-state index in [1.54, 1.807) is 0 Å². The standard InChI is InChI=1S/C52H96NO8P/c1-6-8-10-12-14-16-18-20-22-23-24-25-26-27-28-29-31-32-34-36-38-40-42-44-51(54)58-48-50(49-60-62(56,57)59-47-46-53(3,4)5)61-52(55)45-43-41-39-37-35-33-30-21-19-17-15-13-11-9-7-2/h9,11,15,17,21,30,35,37,50H,6-8,10,12-14,16,18-20,22-29,31-34,36,38-49H2,1-5H3/p+1/b11-9-,17-15-,30-21-,37-35-. The first-order chi connectivity index (χ1) is 30.0. The third kappa shape index (κ3) is 47.4. The molecule has 0 saturated heterocycles. The number of rotatable bonds is 46. The Labute approximate surface area is 382 Å². The summed E-state index contributed by atoms with van der Waals surface area (Å²) in [6.45, 7) is 4.28. The van der Waals surface area contributed by atoms with E-state index in [1.165, 1.54) is 128 Å². The maximum Gasteiger partial charge on any atom is 0.472 e. The lowest BCUT2D eigenvalue weighted by atomic mass is 10.0. The molecule has 0 aromatic heterocycles. The van der Waals surface area contributed by atoms with Crippen molar-refractivity contribution in [3.63, 3.8) is 0 Å². The van der Waals surface area contributed by atoms with Crippen molar-refractivity contribution in [2.45, 2.75) is 225 Å². The van der Waals surface area contributed by atoms with E-state index in [9.17, 15) is 19.0 Å². The fourth-order valence-electron chi connectivity index (χ4n) is 6.95.